The fraction of sp³-hybridized carbons (Fsp3) is 0.263. The first-order chi connectivity index (χ1) is 9.79. The molecular formula is C19H20O. The highest BCUT2D eigenvalue weighted by Gasteiger charge is 2.37. The van der Waals surface area contributed by atoms with E-state index in [1.54, 1.807) is 0 Å². The third-order valence-corrected chi connectivity index (χ3v) is 4.24. The average Bonchev–Trinajstić information content (AvgIpc) is 2.54. The first kappa shape index (κ1) is 13.0. The molecule has 3 rings (SSSR count). The number of hydrogen-bond acceptors (Lipinski definition) is 1. The van der Waals surface area contributed by atoms with Gasteiger partial charge in [-0.15, -0.1) is 0 Å². The third kappa shape index (κ3) is 2.03. The topological polar surface area (TPSA) is 9.23 Å². The van der Waals surface area contributed by atoms with E-state index in [1.165, 1.54) is 16.7 Å². The largest absolute Gasteiger partial charge is 0.482 e. The van der Waals surface area contributed by atoms with Gasteiger partial charge in [-0.1, -0.05) is 62.4 Å². The van der Waals surface area contributed by atoms with E-state index in [9.17, 15) is 0 Å². The van der Waals surface area contributed by atoms with Crippen molar-refractivity contribution in [1.82, 2.24) is 0 Å². The zero-order valence-corrected chi connectivity index (χ0v) is 12.1. The van der Waals surface area contributed by atoms with Gasteiger partial charge in [0.15, 0.2) is 0 Å². The van der Waals surface area contributed by atoms with Crippen LogP contribution in [0, 0.1) is 0 Å². The average molecular weight is 264 g/mol. The normalized spacial score (nSPS) is 16.0. The molecule has 0 spiro atoms. The Morgan fingerprint density at radius 3 is 2.20 bits per heavy atom. The van der Waals surface area contributed by atoms with Gasteiger partial charge in [0.1, 0.15) is 11.4 Å². The monoisotopic (exact) mass is 264 g/mol. The van der Waals surface area contributed by atoms with Crippen molar-refractivity contribution in [3.05, 3.63) is 65.7 Å². The maximum atomic E-state index is 6.42. The minimum atomic E-state index is -0.213. The van der Waals surface area contributed by atoms with Crippen LogP contribution in [0.15, 0.2) is 54.6 Å². The van der Waals surface area contributed by atoms with E-state index in [0.717, 1.165) is 18.6 Å². The molecule has 1 aliphatic heterocycles. The van der Waals surface area contributed by atoms with Crippen LogP contribution in [0.1, 0.15) is 37.8 Å². The van der Waals surface area contributed by atoms with Crippen LogP contribution in [0.3, 0.4) is 0 Å². The number of ether oxygens (including phenoxy) is 1. The van der Waals surface area contributed by atoms with E-state index in [-0.39, 0.29) is 5.60 Å². The lowest BCUT2D eigenvalue weighted by molar-refractivity contribution is 0.119. The molecule has 0 unspecified atom stereocenters. The maximum absolute atomic E-state index is 6.42. The summed E-state index contributed by atoms with van der Waals surface area (Å²) in [6.07, 6.45) is 4.23. The van der Waals surface area contributed by atoms with Crippen LogP contribution in [0.2, 0.25) is 0 Å². The van der Waals surface area contributed by atoms with Crippen LogP contribution in [-0.2, 0) is 0 Å². The fourth-order valence-electron chi connectivity index (χ4n) is 2.98. The summed E-state index contributed by atoms with van der Waals surface area (Å²) in [6, 6.07) is 18.9. The predicted molar refractivity (Wildman–Crippen MR) is 84.7 cm³/mol. The summed E-state index contributed by atoms with van der Waals surface area (Å²) in [7, 11) is 0. The van der Waals surface area contributed by atoms with Crippen molar-refractivity contribution in [2.75, 3.05) is 0 Å². The number of rotatable bonds is 3. The molecule has 0 radical (unpaired) electrons. The summed E-state index contributed by atoms with van der Waals surface area (Å²) >= 11 is 0. The highest BCUT2D eigenvalue weighted by molar-refractivity contribution is 5.89. The molecule has 2 aromatic carbocycles. The summed E-state index contributed by atoms with van der Waals surface area (Å²) in [5.74, 6) is 0.996. The molecule has 0 aliphatic carbocycles. The van der Waals surface area contributed by atoms with Crippen LogP contribution in [0.4, 0.5) is 0 Å². The van der Waals surface area contributed by atoms with Crippen molar-refractivity contribution in [3.8, 4) is 5.75 Å². The van der Waals surface area contributed by atoms with E-state index in [0.29, 0.717) is 0 Å². The molecule has 1 aliphatic rings. The second kappa shape index (κ2) is 5.16. The molecule has 0 saturated heterocycles. The minimum absolute atomic E-state index is 0.213. The highest BCUT2D eigenvalue weighted by Crippen LogP contribution is 2.44. The van der Waals surface area contributed by atoms with E-state index >= 15 is 0 Å². The Balaban J connectivity index is 2.19. The SMILES string of the molecule is CCC1(CC)Oc2ccccc2C=C1c1ccccc1. The van der Waals surface area contributed by atoms with Crippen molar-refractivity contribution in [1.29, 1.82) is 0 Å². The third-order valence-electron chi connectivity index (χ3n) is 4.24. The van der Waals surface area contributed by atoms with Crippen molar-refractivity contribution in [2.45, 2.75) is 32.3 Å². The Morgan fingerprint density at radius 1 is 0.850 bits per heavy atom. The number of fused-ring (bicyclic) bond motifs is 1. The lowest BCUT2D eigenvalue weighted by Gasteiger charge is -2.39. The van der Waals surface area contributed by atoms with Gasteiger partial charge in [-0.3, -0.25) is 0 Å². The van der Waals surface area contributed by atoms with Gasteiger partial charge in [0.25, 0.3) is 0 Å². The van der Waals surface area contributed by atoms with E-state index in [2.05, 4.69) is 68.5 Å². The molecule has 1 heteroatoms. The van der Waals surface area contributed by atoms with Gasteiger partial charge in [0.05, 0.1) is 0 Å². The van der Waals surface area contributed by atoms with Crippen molar-refractivity contribution in [3.63, 3.8) is 0 Å². The molecule has 0 N–H and O–H groups in total. The first-order valence-electron chi connectivity index (χ1n) is 7.34. The zero-order valence-electron chi connectivity index (χ0n) is 12.1. The number of hydrogen-bond donors (Lipinski definition) is 0. The summed E-state index contributed by atoms with van der Waals surface area (Å²) in [5, 5.41) is 0. The summed E-state index contributed by atoms with van der Waals surface area (Å²) in [4.78, 5) is 0. The molecule has 20 heavy (non-hydrogen) atoms. The van der Waals surface area contributed by atoms with Gasteiger partial charge >= 0.3 is 0 Å². The van der Waals surface area contributed by atoms with Crippen LogP contribution < -0.4 is 4.74 Å². The Bertz CT molecular complexity index is 621. The molecule has 2 aromatic rings. The number of para-hydroxylation sites is 1. The van der Waals surface area contributed by atoms with Crippen LogP contribution in [0.25, 0.3) is 11.6 Å². The van der Waals surface area contributed by atoms with E-state index in [1.807, 2.05) is 6.07 Å². The van der Waals surface area contributed by atoms with Crippen molar-refractivity contribution in [2.24, 2.45) is 0 Å². The van der Waals surface area contributed by atoms with Crippen molar-refractivity contribution >= 4 is 11.6 Å². The lowest BCUT2D eigenvalue weighted by Crippen LogP contribution is -2.38. The minimum Gasteiger partial charge on any atom is -0.482 e. The standard InChI is InChI=1S/C19H20O/c1-3-19(4-2)17(15-10-6-5-7-11-15)14-16-12-8-9-13-18(16)20-19/h5-14H,3-4H2,1-2H3. The van der Waals surface area contributed by atoms with Crippen LogP contribution >= 0.6 is 0 Å². The van der Waals surface area contributed by atoms with Gasteiger partial charge in [-0.05, 0) is 30.5 Å². The van der Waals surface area contributed by atoms with Gasteiger partial charge in [-0.2, -0.15) is 0 Å². The second-order valence-electron chi connectivity index (χ2n) is 5.27. The molecule has 0 fully saturated rings. The quantitative estimate of drug-likeness (QED) is 0.742. The fourth-order valence-corrected chi connectivity index (χ4v) is 2.98. The Kier molecular flexibility index (Phi) is 3.35. The highest BCUT2D eigenvalue weighted by atomic mass is 16.5. The van der Waals surface area contributed by atoms with E-state index < -0.39 is 0 Å². The molecule has 1 nitrogen and oxygen atoms in total. The van der Waals surface area contributed by atoms with Gasteiger partial charge < -0.3 is 4.74 Å². The Hall–Kier alpha value is -2.02. The molecule has 102 valence electrons. The predicted octanol–water partition coefficient (Wildman–Crippen LogP) is 5.18. The Labute approximate surface area is 120 Å². The smallest absolute Gasteiger partial charge is 0.134 e. The first-order valence-corrected chi connectivity index (χ1v) is 7.34. The van der Waals surface area contributed by atoms with Gasteiger partial charge in [0.2, 0.25) is 0 Å². The molecule has 0 saturated carbocycles. The molecule has 0 bridgehead atoms. The molecule has 1 heterocycles. The molecule has 0 aromatic heterocycles. The lowest BCUT2D eigenvalue weighted by atomic mass is 9.80. The van der Waals surface area contributed by atoms with Crippen molar-refractivity contribution < 1.29 is 4.74 Å². The Morgan fingerprint density at radius 2 is 1.50 bits per heavy atom. The van der Waals surface area contributed by atoms with Gasteiger partial charge in [-0.25, -0.2) is 0 Å². The molecule has 0 amide bonds. The maximum Gasteiger partial charge on any atom is 0.134 e. The van der Waals surface area contributed by atoms with E-state index in [4.69, 9.17) is 4.74 Å². The van der Waals surface area contributed by atoms with Crippen LogP contribution in [0.5, 0.6) is 5.75 Å². The summed E-state index contributed by atoms with van der Waals surface area (Å²) in [5.41, 5.74) is 3.51. The zero-order chi connectivity index (χ0) is 14.0. The summed E-state index contributed by atoms with van der Waals surface area (Å²) < 4.78 is 6.42. The molecular weight excluding hydrogens is 244 g/mol. The van der Waals surface area contributed by atoms with Crippen LogP contribution in [-0.4, -0.2) is 5.60 Å². The second-order valence-corrected chi connectivity index (χ2v) is 5.27. The number of benzene rings is 2. The molecule has 0 atom stereocenters. The van der Waals surface area contributed by atoms with Gasteiger partial charge in [0, 0.05) is 11.1 Å². The summed E-state index contributed by atoms with van der Waals surface area (Å²) in [6.45, 7) is 4.41.